The van der Waals surface area contributed by atoms with Gasteiger partial charge in [-0.25, -0.2) is 0 Å². The van der Waals surface area contributed by atoms with Crippen molar-refractivity contribution in [3.8, 4) is 0 Å². The van der Waals surface area contributed by atoms with Crippen LogP contribution in [0.3, 0.4) is 0 Å². The van der Waals surface area contributed by atoms with Gasteiger partial charge in [0.2, 0.25) is 5.91 Å². The van der Waals surface area contributed by atoms with Gasteiger partial charge in [0.05, 0.1) is 6.04 Å². The smallest absolute Gasteiger partial charge is 0.225 e. The van der Waals surface area contributed by atoms with Crippen molar-refractivity contribution in [1.29, 1.82) is 0 Å². The molecule has 1 atom stereocenters. The van der Waals surface area contributed by atoms with Crippen molar-refractivity contribution in [1.82, 2.24) is 14.7 Å². The number of nitrogens with zero attached hydrogens (tertiary/aromatic N) is 3. The average Bonchev–Trinajstić information content (AvgIpc) is 3.11. The summed E-state index contributed by atoms with van der Waals surface area (Å²) < 4.78 is 2.01. The fraction of sp³-hybridized carbons (Fsp3) is 0.714. The Morgan fingerprint density at radius 2 is 2.00 bits per heavy atom. The fourth-order valence-electron chi connectivity index (χ4n) is 3.30. The third kappa shape index (κ3) is 2.28. The lowest BCUT2D eigenvalue weighted by Crippen LogP contribution is -2.43. The minimum Gasteiger partial charge on any atom is -0.340 e. The number of likely N-dealkylation sites (tertiary alicyclic amines) is 1. The van der Waals surface area contributed by atoms with Crippen molar-refractivity contribution in [3.05, 3.63) is 18.5 Å². The van der Waals surface area contributed by atoms with Crippen LogP contribution in [0, 0.1) is 5.92 Å². The summed E-state index contributed by atoms with van der Waals surface area (Å²) in [6.45, 7) is 1.78. The number of carbonyl (C=O) groups is 1. The number of carbonyl (C=O) groups excluding carboxylic acids is 1. The first-order valence-corrected chi connectivity index (χ1v) is 7.12. The Bertz CT molecular complexity index is 395. The van der Waals surface area contributed by atoms with Crippen molar-refractivity contribution in [2.75, 3.05) is 13.1 Å². The largest absolute Gasteiger partial charge is 0.340 e. The van der Waals surface area contributed by atoms with Gasteiger partial charge in [-0.1, -0.05) is 12.8 Å². The Hall–Kier alpha value is -1.32. The molecule has 2 fully saturated rings. The molecule has 1 saturated heterocycles. The molecule has 0 radical (unpaired) electrons. The van der Waals surface area contributed by atoms with E-state index >= 15 is 0 Å². The van der Waals surface area contributed by atoms with Gasteiger partial charge in [-0.2, -0.15) is 5.10 Å². The van der Waals surface area contributed by atoms with E-state index in [-0.39, 0.29) is 0 Å². The van der Waals surface area contributed by atoms with E-state index in [9.17, 15) is 4.79 Å². The second-order valence-corrected chi connectivity index (χ2v) is 5.55. The fourth-order valence-corrected chi connectivity index (χ4v) is 3.30. The van der Waals surface area contributed by atoms with Gasteiger partial charge < -0.3 is 4.90 Å². The summed E-state index contributed by atoms with van der Waals surface area (Å²) in [6.07, 6.45) is 10.7. The molecule has 1 aliphatic carbocycles. The average molecular weight is 247 g/mol. The van der Waals surface area contributed by atoms with Gasteiger partial charge in [-0.05, 0) is 31.7 Å². The van der Waals surface area contributed by atoms with Crippen LogP contribution in [0.5, 0.6) is 0 Å². The van der Waals surface area contributed by atoms with Crippen LogP contribution in [-0.2, 0) is 4.79 Å². The summed E-state index contributed by atoms with van der Waals surface area (Å²) in [5.74, 6) is 0.700. The molecule has 1 unspecified atom stereocenters. The molecule has 0 aromatic carbocycles. The van der Waals surface area contributed by atoms with Crippen LogP contribution in [0.1, 0.15) is 44.6 Å². The lowest BCUT2D eigenvalue weighted by atomic mass is 10.0. The van der Waals surface area contributed by atoms with Crippen LogP contribution in [0.4, 0.5) is 0 Å². The molecule has 1 saturated carbocycles. The van der Waals surface area contributed by atoms with Gasteiger partial charge in [0.25, 0.3) is 0 Å². The number of hydrogen-bond acceptors (Lipinski definition) is 2. The van der Waals surface area contributed by atoms with E-state index in [0.717, 1.165) is 38.8 Å². The first kappa shape index (κ1) is 11.8. The molecule has 18 heavy (non-hydrogen) atoms. The van der Waals surface area contributed by atoms with E-state index in [0.29, 0.717) is 17.9 Å². The molecular weight excluding hydrogens is 226 g/mol. The SMILES string of the molecule is O=C(C1CCCC1)N1CCCC(n2cccn2)C1. The van der Waals surface area contributed by atoms with Crippen molar-refractivity contribution < 1.29 is 4.79 Å². The van der Waals surface area contributed by atoms with Crippen LogP contribution >= 0.6 is 0 Å². The van der Waals surface area contributed by atoms with Crippen LogP contribution in [0.25, 0.3) is 0 Å². The molecule has 4 nitrogen and oxygen atoms in total. The third-order valence-corrected chi connectivity index (χ3v) is 4.31. The number of hydrogen-bond donors (Lipinski definition) is 0. The quantitative estimate of drug-likeness (QED) is 0.804. The highest BCUT2D eigenvalue weighted by Crippen LogP contribution is 2.29. The molecule has 1 aromatic rings. The third-order valence-electron chi connectivity index (χ3n) is 4.31. The zero-order valence-corrected chi connectivity index (χ0v) is 10.8. The van der Waals surface area contributed by atoms with Gasteiger partial charge in [0.1, 0.15) is 0 Å². The predicted octanol–water partition coefficient (Wildman–Crippen LogP) is 2.24. The second-order valence-electron chi connectivity index (χ2n) is 5.55. The summed E-state index contributed by atoms with van der Waals surface area (Å²) in [4.78, 5) is 14.5. The predicted molar refractivity (Wildman–Crippen MR) is 69.0 cm³/mol. The first-order chi connectivity index (χ1) is 8.84. The Kier molecular flexibility index (Phi) is 3.35. The van der Waals surface area contributed by atoms with Crippen molar-refractivity contribution in [2.45, 2.75) is 44.6 Å². The van der Waals surface area contributed by atoms with E-state index in [4.69, 9.17) is 0 Å². The summed E-state index contributed by atoms with van der Waals surface area (Å²) in [7, 11) is 0. The Morgan fingerprint density at radius 1 is 1.17 bits per heavy atom. The molecule has 0 bridgehead atoms. The van der Waals surface area contributed by atoms with Crippen LogP contribution in [-0.4, -0.2) is 33.7 Å². The monoisotopic (exact) mass is 247 g/mol. The molecule has 2 heterocycles. The lowest BCUT2D eigenvalue weighted by Gasteiger charge is -2.34. The maximum atomic E-state index is 12.4. The summed E-state index contributed by atoms with van der Waals surface area (Å²) in [6, 6.07) is 2.33. The zero-order chi connectivity index (χ0) is 12.4. The molecule has 2 aliphatic rings. The van der Waals surface area contributed by atoms with E-state index in [2.05, 4.69) is 10.00 Å². The van der Waals surface area contributed by atoms with Gasteiger partial charge >= 0.3 is 0 Å². The topological polar surface area (TPSA) is 38.1 Å². The lowest BCUT2D eigenvalue weighted by molar-refractivity contribution is -0.137. The van der Waals surface area contributed by atoms with Crippen molar-refractivity contribution in [2.24, 2.45) is 5.92 Å². The normalized spacial score (nSPS) is 25.6. The maximum Gasteiger partial charge on any atom is 0.225 e. The van der Waals surface area contributed by atoms with Gasteiger partial charge in [0, 0.05) is 31.4 Å². The van der Waals surface area contributed by atoms with E-state index in [1.54, 1.807) is 0 Å². The van der Waals surface area contributed by atoms with Crippen LogP contribution < -0.4 is 0 Å². The van der Waals surface area contributed by atoms with Gasteiger partial charge in [-0.3, -0.25) is 9.48 Å². The standard InChI is InChI=1S/C14H21N3O/c18-14(12-5-1-2-6-12)16-9-3-7-13(11-16)17-10-4-8-15-17/h4,8,10,12-13H,1-3,5-7,9,11H2. The minimum absolute atomic E-state index is 0.307. The minimum atomic E-state index is 0.307. The summed E-state index contributed by atoms with van der Waals surface area (Å²) >= 11 is 0. The Labute approximate surface area is 108 Å². The van der Waals surface area contributed by atoms with Crippen LogP contribution in [0.15, 0.2) is 18.5 Å². The highest BCUT2D eigenvalue weighted by atomic mass is 16.2. The van der Waals surface area contributed by atoms with Crippen molar-refractivity contribution in [3.63, 3.8) is 0 Å². The number of rotatable bonds is 2. The molecule has 98 valence electrons. The maximum absolute atomic E-state index is 12.4. The molecule has 1 aliphatic heterocycles. The molecule has 1 amide bonds. The second kappa shape index (κ2) is 5.12. The first-order valence-electron chi connectivity index (χ1n) is 7.12. The summed E-state index contributed by atoms with van der Waals surface area (Å²) in [5, 5.41) is 4.31. The molecule has 0 N–H and O–H groups in total. The van der Waals surface area contributed by atoms with Gasteiger partial charge in [-0.15, -0.1) is 0 Å². The molecule has 1 aromatic heterocycles. The number of piperidine rings is 1. The number of aromatic nitrogens is 2. The van der Waals surface area contributed by atoms with Crippen LogP contribution in [0.2, 0.25) is 0 Å². The summed E-state index contributed by atoms with van der Waals surface area (Å²) in [5.41, 5.74) is 0. The van der Waals surface area contributed by atoms with Gasteiger partial charge in [0.15, 0.2) is 0 Å². The zero-order valence-electron chi connectivity index (χ0n) is 10.8. The highest BCUT2D eigenvalue weighted by Gasteiger charge is 2.31. The highest BCUT2D eigenvalue weighted by molar-refractivity contribution is 5.79. The molecular formula is C14H21N3O. The Morgan fingerprint density at radius 3 is 2.72 bits per heavy atom. The van der Waals surface area contributed by atoms with Crippen molar-refractivity contribution >= 4 is 5.91 Å². The number of amides is 1. The molecule has 3 rings (SSSR count). The Balaban J connectivity index is 1.64. The van der Waals surface area contributed by atoms with E-state index in [1.807, 2.05) is 23.1 Å². The van der Waals surface area contributed by atoms with E-state index in [1.165, 1.54) is 12.8 Å². The van der Waals surface area contributed by atoms with E-state index < -0.39 is 0 Å². The molecule has 0 spiro atoms. The molecule has 4 heteroatoms.